The fourth-order valence-electron chi connectivity index (χ4n) is 2.38. The fourth-order valence-corrected chi connectivity index (χ4v) is 3.33. The number of nitrogens with zero attached hydrogens (tertiary/aromatic N) is 1. The molecule has 0 aliphatic rings. The largest absolute Gasteiger partial charge is 0.493 e. The van der Waals surface area contributed by atoms with Crippen molar-refractivity contribution in [1.29, 1.82) is 0 Å². The van der Waals surface area contributed by atoms with Crippen LogP contribution >= 0.6 is 11.3 Å². The maximum Gasteiger partial charge on any atom is 0.350 e. The number of carbonyl (C=O) groups is 2. The smallest absolute Gasteiger partial charge is 0.350 e. The Bertz CT molecular complexity index is 860. The monoisotopic (exact) mass is 406 g/mol. The molecule has 152 valence electrons. The third kappa shape index (κ3) is 5.22. The number of hydrogen-bond acceptors (Lipinski definition) is 7. The zero-order valence-electron chi connectivity index (χ0n) is 17.0. The minimum Gasteiger partial charge on any atom is -0.493 e. The molecule has 1 aromatic carbocycles. The molecule has 0 saturated carbocycles. The normalized spacial score (nSPS) is 11.1. The number of aryl methyl sites for hydroxylation is 1. The Morgan fingerprint density at radius 3 is 2.46 bits per heavy atom. The second-order valence-corrected chi connectivity index (χ2v) is 7.86. The van der Waals surface area contributed by atoms with Gasteiger partial charge in [-0.1, -0.05) is 6.92 Å². The van der Waals surface area contributed by atoms with Gasteiger partial charge in [0.05, 0.1) is 19.9 Å². The first kappa shape index (κ1) is 21.7. The van der Waals surface area contributed by atoms with Crippen molar-refractivity contribution in [3.8, 4) is 22.1 Å². The average molecular weight is 407 g/mol. The molecule has 0 aliphatic carbocycles. The van der Waals surface area contributed by atoms with Gasteiger partial charge in [0.25, 0.3) is 5.91 Å². The summed E-state index contributed by atoms with van der Waals surface area (Å²) < 4.78 is 15.7. The second-order valence-electron chi connectivity index (χ2n) is 6.87. The average Bonchev–Trinajstić information content (AvgIpc) is 3.07. The summed E-state index contributed by atoms with van der Waals surface area (Å²) in [4.78, 5) is 29.2. The number of nitrogens with one attached hydrogen (secondary N) is 1. The lowest BCUT2D eigenvalue weighted by atomic mass is 10.0. The van der Waals surface area contributed by atoms with Crippen molar-refractivity contribution in [2.75, 3.05) is 20.8 Å². The number of ether oxygens (including phenoxy) is 3. The molecular weight excluding hydrogens is 380 g/mol. The molecule has 1 amide bonds. The molecular formula is C20H26N2O5S. The van der Waals surface area contributed by atoms with Crippen molar-refractivity contribution >= 4 is 23.2 Å². The van der Waals surface area contributed by atoms with Crippen molar-refractivity contribution in [3.05, 3.63) is 28.8 Å². The van der Waals surface area contributed by atoms with Gasteiger partial charge in [0.1, 0.15) is 9.88 Å². The van der Waals surface area contributed by atoms with Crippen LogP contribution in [0.3, 0.4) is 0 Å². The molecule has 0 aliphatic heterocycles. The molecule has 0 fully saturated rings. The van der Waals surface area contributed by atoms with Gasteiger partial charge in [-0.2, -0.15) is 0 Å². The molecule has 1 aromatic heterocycles. The highest BCUT2D eigenvalue weighted by atomic mass is 32.1. The number of amides is 1. The quantitative estimate of drug-likeness (QED) is 0.674. The third-order valence-electron chi connectivity index (χ3n) is 4.31. The summed E-state index contributed by atoms with van der Waals surface area (Å²) in [6.07, 6.45) is 0.773. The Morgan fingerprint density at radius 1 is 1.18 bits per heavy atom. The van der Waals surface area contributed by atoms with E-state index in [1.54, 1.807) is 33.3 Å². The summed E-state index contributed by atoms with van der Waals surface area (Å²) >= 11 is 1.21. The first-order chi connectivity index (χ1) is 13.2. The van der Waals surface area contributed by atoms with Crippen LogP contribution in [0.1, 0.15) is 42.6 Å². The van der Waals surface area contributed by atoms with E-state index in [0.717, 1.165) is 12.0 Å². The highest BCUT2D eigenvalue weighted by Crippen LogP contribution is 2.35. The Morgan fingerprint density at radius 2 is 1.86 bits per heavy atom. The van der Waals surface area contributed by atoms with Gasteiger partial charge in [0, 0.05) is 11.1 Å². The minimum atomic E-state index is -0.564. The van der Waals surface area contributed by atoms with E-state index in [1.165, 1.54) is 11.3 Å². The molecule has 0 spiro atoms. The number of benzene rings is 1. The Kier molecular flexibility index (Phi) is 7.01. The van der Waals surface area contributed by atoms with Gasteiger partial charge < -0.3 is 19.5 Å². The van der Waals surface area contributed by atoms with Gasteiger partial charge in [0.2, 0.25) is 0 Å². The molecule has 0 bridgehead atoms. The summed E-state index contributed by atoms with van der Waals surface area (Å²) in [7, 11) is 3.12. The van der Waals surface area contributed by atoms with Crippen LogP contribution in [0.5, 0.6) is 11.5 Å². The number of hydrogen-bond donors (Lipinski definition) is 1. The van der Waals surface area contributed by atoms with E-state index >= 15 is 0 Å². The summed E-state index contributed by atoms with van der Waals surface area (Å²) in [5.41, 5.74) is 1.01. The third-order valence-corrected chi connectivity index (χ3v) is 5.50. The van der Waals surface area contributed by atoms with E-state index in [4.69, 9.17) is 14.2 Å². The summed E-state index contributed by atoms with van der Waals surface area (Å²) in [5.74, 6) is 0.293. The highest BCUT2D eigenvalue weighted by molar-refractivity contribution is 7.17. The first-order valence-electron chi connectivity index (χ1n) is 8.88. The predicted octanol–water partition coefficient (Wildman–Crippen LogP) is 3.60. The van der Waals surface area contributed by atoms with Crippen molar-refractivity contribution in [3.63, 3.8) is 0 Å². The molecule has 0 atom stereocenters. The van der Waals surface area contributed by atoms with E-state index in [9.17, 15) is 9.59 Å². The molecule has 2 rings (SSSR count). The Hall–Kier alpha value is -2.61. The summed E-state index contributed by atoms with van der Waals surface area (Å²) in [5, 5.41) is 3.48. The van der Waals surface area contributed by atoms with Crippen molar-refractivity contribution in [1.82, 2.24) is 10.3 Å². The molecule has 28 heavy (non-hydrogen) atoms. The van der Waals surface area contributed by atoms with Crippen molar-refractivity contribution in [2.24, 2.45) is 0 Å². The van der Waals surface area contributed by atoms with E-state index in [0.29, 0.717) is 27.1 Å². The van der Waals surface area contributed by atoms with Gasteiger partial charge in [-0.15, -0.1) is 11.3 Å². The summed E-state index contributed by atoms with van der Waals surface area (Å²) in [6.45, 7) is 7.20. The molecule has 0 saturated heterocycles. The minimum absolute atomic E-state index is 0.328. The van der Waals surface area contributed by atoms with Gasteiger partial charge in [-0.25, -0.2) is 9.78 Å². The van der Waals surface area contributed by atoms with E-state index in [-0.39, 0.29) is 18.1 Å². The molecule has 8 heteroatoms. The fraction of sp³-hybridized carbons (Fsp3) is 0.450. The number of methoxy groups -OCH3 is 2. The number of aromatic nitrogens is 1. The molecule has 1 N–H and O–H groups in total. The maximum atomic E-state index is 12.4. The van der Waals surface area contributed by atoms with Crippen molar-refractivity contribution in [2.45, 2.75) is 39.7 Å². The SMILES string of the molecule is CCC(C)(C)NC(=O)COC(=O)c1sc(-c2ccc(OC)c(OC)c2)nc1C. The van der Waals surface area contributed by atoms with Crippen LogP contribution in [0, 0.1) is 6.92 Å². The Balaban J connectivity index is 2.11. The second kappa shape index (κ2) is 9.05. The van der Waals surface area contributed by atoms with Crippen LogP contribution in [-0.2, 0) is 9.53 Å². The van der Waals surface area contributed by atoms with Crippen LogP contribution in [0.2, 0.25) is 0 Å². The van der Waals surface area contributed by atoms with Crippen LogP contribution in [-0.4, -0.2) is 43.2 Å². The topological polar surface area (TPSA) is 86.8 Å². The standard InChI is InChI=1S/C20H26N2O5S/c1-7-20(3,4)22-16(23)11-27-19(24)17-12(2)21-18(28-17)13-8-9-14(25-5)15(10-13)26-6/h8-10H,7,11H2,1-6H3,(H,22,23). The van der Waals surface area contributed by atoms with Gasteiger partial charge in [-0.3, -0.25) is 4.79 Å². The number of rotatable bonds is 8. The summed E-state index contributed by atoms with van der Waals surface area (Å²) in [6, 6.07) is 5.42. The molecule has 1 heterocycles. The maximum absolute atomic E-state index is 12.4. The zero-order valence-corrected chi connectivity index (χ0v) is 17.9. The number of esters is 1. The van der Waals surface area contributed by atoms with Crippen LogP contribution < -0.4 is 14.8 Å². The lowest BCUT2D eigenvalue weighted by Gasteiger charge is -2.24. The van der Waals surface area contributed by atoms with Gasteiger partial charge in [0.15, 0.2) is 18.1 Å². The van der Waals surface area contributed by atoms with Crippen molar-refractivity contribution < 1.29 is 23.8 Å². The number of thiazole rings is 1. The van der Waals surface area contributed by atoms with Crippen LogP contribution in [0.4, 0.5) is 0 Å². The van der Waals surface area contributed by atoms with Gasteiger partial charge in [-0.05, 0) is 45.4 Å². The zero-order chi connectivity index (χ0) is 20.9. The van der Waals surface area contributed by atoms with E-state index in [2.05, 4.69) is 10.3 Å². The Labute approximate surface area is 169 Å². The first-order valence-corrected chi connectivity index (χ1v) is 9.70. The van der Waals surface area contributed by atoms with Crippen LogP contribution in [0.15, 0.2) is 18.2 Å². The van der Waals surface area contributed by atoms with Gasteiger partial charge >= 0.3 is 5.97 Å². The predicted molar refractivity (Wildman–Crippen MR) is 108 cm³/mol. The molecule has 7 nitrogen and oxygen atoms in total. The molecule has 2 aromatic rings. The lowest BCUT2D eigenvalue weighted by molar-refractivity contribution is -0.125. The van der Waals surface area contributed by atoms with Crippen LogP contribution in [0.25, 0.3) is 10.6 Å². The molecule has 0 radical (unpaired) electrons. The van der Waals surface area contributed by atoms with E-state index in [1.807, 2.05) is 26.8 Å². The van der Waals surface area contributed by atoms with E-state index < -0.39 is 5.97 Å². The lowest BCUT2D eigenvalue weighted by Crippen LogP contribution is -2.44. The highest BCUT2D eigenvalue weighted by Gasteiger charge is 2.22. The number of carbonyl (C=O) groups excluding carboxylic acids is 2. The molecule has 0 unspecified atom stereocenters.